The second-order valence-corrected chi connectivity index (χ2v) is 6.68. The van der Waals surface area contributed by atoms with Crippen molar-refractivity contribution >= 4 is 27.3 Å². The Balaban J connectivity index is 2.17. The molecule has 7 heteroatoms. The molecule has 1 aromatic carbocycles. The topological polar surface area (TPSA) is 68.3 Å². The van der Waals surface area contributed by atoms with Crippen LogP contribution >= 0.6 is 11.6 Å². The van der Waals surface area contributed by atoms with Crippen LogP contribution in [0.2, 0.25) is 5.15 Å². The fourth-order valence-corrected chi connectivity index (χ4v) is 2.95. The van der Waals surface area contributed by atoms with Crippen LogP contribution in [0.4, 0.5) is 5.69 Å². The third kappa shape index (κ3) is 4.34. The molecule has 0 saturated carbocycles. The second kappa shape index (κ2) is 6.32. The van der Waals surface area contributed by atoms with Gasteiger partial charge in [0, 0.05) is 11.9 Å². The van der Waals surface area contributed by atoms with E-state index in [4.69, 9.17) is 16.3 Å². The number of aromatic nitrogens is 1. The lowest BCUT2D eigenvalue weighted by Crippen LogP contribution is -2.13. The molecule has 112 valence electrons. The first-order valence-corrected chi connectivity index (χ1v) is 8.14. The fraction of sp³-hybridized carbons (Fsp3) is 0.214. The van der Waals surface area contributed by atoms with Crippen LogP contribution in [0.3, 0.4) is 0 Å². The standard InChI is InChI=1S/C14H15ClN2O3S/c1-10(2)20-12-5-3-11(4-6-12)17-21(18,19)13-7-8-16-14(15)9-13/h3-10,17H,1-2H3. The lowest BCUT2D eigenvalue weighted by Gasteiger charge is -2.11. The van der Waals surface area contributed by atoms with Gasteiger partial charge in [0.25, 0.3) is 10.0 Å². The second-order valence-electron chi connectivity index (χ2n) is 4.61. The molecule has 0 radical (unpaired) electrons. The van der Waals surface area contributed by atoms with Crippen LogP contribution in [0.15, 0.2) is 47.5 Å². The maximum absolute atomic E-state index is 12.2. The zero-order chi connectivity index (χ0) is 15.5. The average molecular weight is 327 g/mol. The van der Waals surface area contributed by atoms with E-state index in [2.05, 4.69) is 9.71 Å². The molecule has 0 aliphatic heterocycles. The highest BCUT2D eigenvalue weighted by molar-refractivity contribution is 7.92. The number of nitrogens with zero attached hydrogens (tertiary/aromatic N) is 1. The molecule has 0 saturated heterocycles. The minimum atomic E-state index is -3.69. The number of sulfonamides is 1. The molecule has 0 amide bonds. The molecule has 2 rings (SSSR count). The van der Waals surface area contributed by atoms with Crippen LogP contribution in [0.1, 0.15) is 13.8 Å². The van der Waals surface area contributed by atoms with E-state index in [1.807, 2.05) is 13.8 Å². The molecule has 0 aliphatic rings. The number of pyridine rings is 1. The van der Waals surface area contributed by atoms with Crippen molar-refractivity contribution in [3.8, 4) is 5.75 Å². The summed E-state index contributed by atoms with van der Waals surface area (Å²) in [6.45, 7) is 3.84. The number of anilines is 1. The van der Waals surface area contributed by atoms with Crippen LogP contribution in [-0.2, 0) is 10.0 Å². The van der Waals surface area contributed by atoms with Crippen molar-refractivity contribution in [2.45, 2.75) is 24.8 Å². The molecule has 1 N–H and O–H groups in total. The number of rotatable bonds is 5. The van der Waals surface area contributed by atoms with Crippen molar-refractivity contribution in [2.24, 2.45) is 0 Å². The molecule has 5 nitrogen and oxygen atoms in total. The largest absolute Gasteiger partial charge is 0.491 e. The third-order valence-electron chi connectivity index (χ3n) is 2.49. The van der Waals surface area contributed by atoms with Crippen LogP contribution in [0, 0.1) is 0 Å². The zero-order valence-corrected chi connectivity index (χ0v) is 13.1. The van der Waals surface area contributed by atoms with Crippen LogP contribution in [0.5, 0.6) is 5.75 Å². The zero-order valence-electron chi connectivity index (χ0n) is 11.6. The van der Waals surface area contributed by atoms with E-state index < -0.39 is 10.0 Å². The number of halogens is 1. The molecule has 0 spiro atoms. The summed E-state index contributed by atoms with van der Waals surface area (Å²) in [5, 5.41) is 0.124. The SMILES string of the molecule is CC(C)Oc1ccc(NS(=O)(=O)c2ccnc(Cl)c2)cc1. The van der Waals surface area contributed by atoms with Crippen molar-refractivity contribution in [2.75, 3.05) is 4.72 Å². The van der Waals surface area contributed by atoms with Crippen LogP contribution in [0.25, 0.3) is 0 Å². The van der Waals surface area contributed by atoms with E-state index >= 15 is 0 Å². The summed E-state index contributed by atoms with van der Waals surface area (Å²) in [6, 6.07) is 9.36. The average Bonchev–Trinajstić information content (AvgIpc) is 2.40. The van der Waals surface area contributed by atoms with Gasteiger partial charge in [-0.15, -0.1) is 0 Å². The Labute approximate surface area is 129 Å². The highest BCUT2D eigenvalue weighted by Gasteiger charge is 2.14. The normalized spacial score (nSPS) is 11.4. The maximum Gasteiger partial charge on any atom is 0.262 e. The molecule has 1 heterocycles. The van der Waals surface area contributed by atoms with Gasteiger partial charge >= 0.3 is 0 Å². The third-order valence-corrected chi connectivity index (χ3v) is 4.07. The highest BCUT2D eigenvalue weighted by Crippen LogP contribution is 2.21. The number of hydrogen-bond acceptors (Lipinski definition) is 4. The first kappa shape index (κ1) is 15.6. The Morgan fingerprint density at radius 1 is 1.19 bits per heavy atom. The monoisotopic (exact) mass is 326 g/mol. The van der Waals surface area contributed by atoms with Crippen molar-refractivity contribution < 1.29 is 13.2 Å². The van der Waals surface area contributed by atoms with Gasteiger partial charge in [-0.25, -0.2) is 13.4 Å². The van der Waals surface area contributed by atoms with E-state index in [1.54, 1.807) is 24.3 Å². The maximum atomic E-state index is 12.2. The molecule has 0 unspecified atom stereocenters. The van der Waals surface area contributed by atoms with Gasteiger partial charge in [0.1, 0.15) is 10.9 Å². The summed E-state index contributed by atoms with van der Waals surface area (Å²) in [5.74, 6) is 0.680. The van der Waals surface area contributed by atoms with Crippen LogP contribution in [-0.4, -0.2) is 19.5 Å². The van der Waals surface area contributed by atoms with Gasteiger partial charge in [0.2, 0.25) is 0 Å². The molecule has 0 atom stereocenters. The predicted octanol–water partition coefficient (Wildman–Crippen LogP) is 3.32. The predicted molar refractivity (Wildman–Crippen MR) is 82.3 cm³/mol. The minimum absolute atomic E-state index is 0.0602. The van der Waals surface area contributed by atoms with Crippen molar-refractivity contribution in [3.05, 3.63) is 47.7 Å². The fourth-order valence-electron chi connectivity index (χ4n) is 1.64. The van der Waals surface area contributed by atoms with E-state index in [-0.39, 0.29) is 16.2 Å². The number of benzene rings is 1. The molecule has 0 aliphatic carbocycles. The van der Waals surface area contributed by atoms with Crippen molar-refractivity contribution in [3.63, 3.8) is 0 Å². The summed E-state index contributed by atoms with van der Waals surface area (Å²) >= 11 is 5.70. The molecular formula is C14H15ClN2O3S. The molecular weight excluding hydrogens is 312 g/mol. The Morgan fingerprint density at radius 2 is 1.86 bits per heavy atom. The molecule has 0 bridgehead atoms. The van der Waals surface area contributed by atoms with Gasteiger partial charge in [0.15, 0.2) is 0 Å². The quantitative estimate of drug-likeness (QED) is 0.856. The summed E-state index contributed by atoms with van der Waals surface area (Å²) in [5.41, 5.74) is 0.444. The lowest BCUT2D eigenvalue weighted by atomic mass is 10.3. The minimum Gasteiger partial charge on any atom is -0.491 e. The summed E-state index contributed by atoms with van der Waals surface area (Å²) in [7, 11) is -3.69. The van der Waals surface area contributed by atoms with Gasteiger partial charge in [-0.1, -0.05) is 11.6 Å². The number of ether oxygens (including phenoxy) is 1. The van der Waals surface area contributed by atoms with E-state index in [0.29, 0.717) is 11.4 Å². The van der Waals surface area contributed by atoms with Crippen molar-refractivity contribution in [1.82, 2.24) is 4.98 Å². The van der Waals surface area contributed by atoms with E-state index in [0.717, 1.165) is 0 Å². The smallest absolute Gasteiger partial charge is 0.262 e. The Hall–Kier alpha value is -1.79. The van der Waals surface area contributed by atoms with E-state index in [9.17, 15) is 8.42 Å². The molecule has 2 aromatic rings. The van der Waals surface area contributed by atoms with Gasteiger partial charge in [0.05, 0.1) is 11.0 Å². The Bertz CT molecular complexity index is 715. The highest BCUT2D eigenvalue weighted by atomic mass is 35.5. The number of nitrogens with one attached hydrogen (secondary N) is 1. The van der Waals surface area contributed by atoms with Gasteiger partial charge in [-0.05, 0) is 50.2 Å². The summed E-state index contributed by atoms with van der Waals surface area (Å²) in [4.78, 5) is 3.82. The van der Waals surface area contributed by atoms with Gasteiger partial charge in [-0.3, -0.25) is 4.72 Å². The van der Waals surface area contributed by atoms with Crippen molar-refractivity contribution in [1.29, 1.82) is 0 Å². The molecule has 0 fully saturated rings. The summed E-state index contributed by atoms with van der Waals surface area (Å²) < 4.78 is 32.3. The van der Waals surface area contributed by atoms with Gasteiger partial charge < -0.3 is 4.74 Å². The Kier molecular flexibility index (Phi) is 4.69. The first-order chi connectivity index (χ1) is 9.87. The van der Waals surface area contributed by atoms with Gasteiger partial charge in [-0.2, -0.15) is 0 Å². The van der Waals surface area contributed by atoms with Crippen LogP contribution < -0.4 is 9.46 Å². The molecule has 21 heavy (non-hydrogen) atoms. The molecule has 1 aromatic heterocycles. The summed E-state index contributed by atoms with van der Waals surface area (Å²) in [6.07, 6.45) is 1.41. The first-order valence-electron chi connectivity index (χ1n) is 6.28. The Morgan fingerprint density at radius 3 is 2.43 bits per heavy atom. The number of hydrogen-bond donors (Lipinski definition) is 1. The lowest BCUT2D eigenvalue weighted by molar-refractivity contribution is 0.242. The van der Waals surface area contributed by atoms with E-state index in [1.165, 1.54) is 18.3 Å².